The molecule has 3 nitrogen and oxygen atoms in total. The predicted octanol–water partition coefficient (Wildman–Crippen LogP) is 2.89. The second-order valence-corrected chi connectivity index (χ2v) is 4.52. The van der Waals surface area contributed by atoms with Crippen LogP contribution in [0.2, 0.25) is 0 Å². The standard InChI is InChI=1S/C14H21F2N3.HI/c1-10-6-11(2)8-12(7-10)4-5-18-14(17-3)19-9-13(15)16;/h6-8,13H,4-5,9H2,1-3H3,(H2,17,18,19);1H. The van der Waals surface area contributed by atoms with E-state index in [0.717, 1.165) is 6.42 Å². The van der Waals surface area contributed by atoms with E-state index >= 15 is 0 Å². The zero-order valence-electron chi connectivity index (χ0n) is 12.0. The van der Waals surface area contributed by atoms with Gasteiger partial charge in [0.2, 0.25) is 0 Å². The van der Waals surface area contributed by atoms with Crippen LogP contribution in [0.1, 0.15) is 16.7 Å². The van der Waals surface area contributed by atoms with E-state index in [-0.39, 0.29) is 30.5 Å². The largest absolute Gasteiger partial charge is 0.356 e. The number of alkyl halides is 2. The van der Waals surface area contributed by atoms with Gasteiger partial charge in [0.1, 0.15) is 0 Å². The third-order valence-electron chi connectivity index (χ3n) is 2.64. The maximum atomic E-state index is 12.1. The summed E-state index contributed by atoms with van der Waals surface area (Å²) in [5.74, 6) is 0.407. The summed E-state index contributed by atoms with van der Waals surface area (Å²) in [5, 5.41) is 5.58. The first-order chi connectivity index (χ1) is 9.01. The van der Waals surface area contributed by atoms with Crippen molar-refractivity contribution in [3.05, 3.63) is 34.9 Å². The van der Waals surface area contributed by atoms with E-state index in [1.807, 2.05) is 0 Å². The van der Waals surface area contributed by atoms with Crippen LogP contribution in [0.5, 0.6) is 0 Å². The van der Waals surface area contributed by atoms with Gasteiger partial charge in [-0.15, -0.1) is 24.0 Å². The van der Waals surface area contributed by atoms with Crippen molar-refractivity contribution in [1.82, 2.24) is 10.6 Å². The summed E-state index contributed by atoms with van der Waals surface area (Å²) in [4.78, 5) is 3.89. The minimum absolute atomic E-state index is 0. The molecule has 1 aromatic carbocycles. The molecule has 0 unspecified atom stereocenters. The SMILES string of the molecule is CN=C(NCCc1cc(C)cc(C)c1)NCC(F)F.I. The highest BCUT2D eigenvalue weighted by molar-refractivity contribution is 14.0. The molecule has 0 amide bonds. The molecular formula is C14H22F2IN3. The minimum Gasteiger partial charge on any atom is -0.356 e. The topological polar surface area (TPSA) is 36.4 Å². The molecule has 6 heteroatoms. The lowest BCUT2D eigenvalue weighted by atomic mass is 10.1. The zero-order valence-corrected chi connectivity index (χ0v) is 14.4. The van der Waals surface area contributed by atoms with Gasteiger partial charge in [0, 0.05) is 13.6 Å². The minimum atomic E-state index is -2.38. The van der Waals surface area contributed by atoms with E-state index in [2.05, 4.69) is 47.7 Å². The van der Waals surface area contributed by atoms with Gasteiger partial charge < -0.3 is 10.6 Å². The third-order valence-corrected chi connectivity index (χ3v) is 2.64. The highest BCUT2D eigenvalue weighted by Crippen LogP contribution is 2.08. The van der Waals surface area contributed by atoms with Gasteiger partial charge >= 0.3 is 0 Å². The Morgan fingerprint density at radius 1 is 1.15 bits per heavy atom. The van der Waals surface area contributed by atoms with Gasteiger partial charge in [-0.25, -0.2) is 8.78 Å². The first-order valence-electron chi connectivity index (χ1n) is 6.31. The third kappa shape index (κ3) is 7.62. The molecule has 0 spiro atoms. The van der Waals surface area contributed by atoms with Crippen molar-refractivity contribution < 1.29 is 8.78 Å². The number of halogens is 3. The number of guanidine groups is 1. The zero-order chi connectivity index (χ0) is 14.3. The van der Waals surface area contributed by atoms with E-state index < -0.39 is 6.43 Å². The fraction of sp³-hybridized carbons (Fsp3) is 0.500. The van der Waals surface area contributed by atoms with Crippen LogP contribution in [0.25, 0.3) is 0 Å². The van der Waals surface area contributed by atoms with E-state index in [0.29, 0.717) is 12.5 Å². The van der Waals surface area contributed by atoms with Crippen LogP contribution >= 0.6 is 24.0 Å². The quantitative estimate of drug-likeness (QED) is 0.456. The number of nitrogens with zero attached hydrogens (tertiary/aromatic N) is 1. The average Bonchev–Trinajstić information content (AvgIpc) is 2.32. The molecule has 0 bridgehead atoms. The van der Waals surface area contributed by atoms with Crippen molar-refractivity contribution in [3.63, 3.8) is 0 Å². The van der Waals surface area contributed by atoms with Crippen LogP contribution in [0.4, 0.5) is 8.78 Å². The molecule has 0 atom stereocenters. The summed E-state index contributed by atoms with van der Waals surface area (Å²) in [6, 6.07) is 6.38. The van der Waals surface area contributed by atoms with E-state index in [1.165, 1.54) is 16.7 Å². The fourth-order valence-corrected chi connectivity index (χ4v) is 1.93. The summed E-state index contributed by atoms with van der Waals surface area (Å²) >= 11 is 0. The molecule has 0 fully saturated rings. The van der Waals surface area contributed by atoms with Crippen LogP contribution in [-0.4, -0.2) is 32.5 Å². The number of hydrogen-bond acceptors (Lipinski definition) is 1. The average molecular weight is 397 g/mol. The molecule has 114 valence electrons. The normalized spacial score (nSPS) is 11.2. The molecule has 0 saturated heterocycles. The van der Waals surface area contributed by atoms with Crippen molar-refractivity contribution in [2.24, 2.45) is 4.99 Å². The first kappa shape index (κ1) is 19.1. The van der Waals surface area contributed by atoms with E-state index in [4.69, 9.17) is 0 Å². The number of nitrogens with one attached hydrogen (secondary N) is 2. The van der Waals surface area contributed by atoms with Crippen molar-refractivity contribution in [2.45, 2.75) is 26.7 Å². The van der Waals surface area contributed by atoms with Crippen LogP contribution in [0.15, 0.2) is 23.2 Å². The lowest BCUT2D eigenvalue weighted by Crippen LogP contribution is -2.40. The van der Waals surface area contributed by atoms with Crippen LogP contribution < -0.4 is 10.6 Å². The molecule has 0 aliphatic heterocycles. The molecule has 0 aliphatic carbocycles. The molecule has 0 radical (unpaired) electrons. The van der Waals surface area contributed by atoms with Gasteiger partial charge in [-0.1, -0.05) is 29.3 Å². The predicted molar refractivity (Wildman–Crippen MR) is 90.4 cm³/mol. The monoisotopic (exact) mass is 397 g/mol. The molecular weight excluding hydrogens is 375 g/mol. The van der Waals surface area contributed by atoms with Crippen LogP contribution in [0, 0.1) is 13.8 Å². The highest BCUT2D eigenvalue weighted by atomic mass is 127. The molecule has 0 heterocycles. The van der Waals surface area contributed by atoms with Gasteiger partial charge in [-0.2, -0.15) is 0 Å². The van der Waals surface area contributed by atoms with Gasteiger partial charge in [0.15, 0.2) is 5.96 Å². The van der Waals surface area contributed by atoms with E-state index in [9.17, 15) is 8.78 Å². The Balaban J connectivity index is 0.00000361. The highest BCUT2D eigenvalue weighted by Gasteiger charge is 2.04. The number of aliphatic imine (C=N–C) groups is 1. The molecule has 2 N–H and O–H groups in total. The second kappa shape index (κ2) is 9.90. The van der Waals surface area contributed by atoms with Crippen LogP contribution in [0.3, 0.4) is 0 Å². The first-order valence-corrected chi connectivity index (χ1v) is 6.31. The Kier molecular flexibility index (Phi) is 9.45. The van der Waals surface area contributed by atoms with Crippen LogP contribution in [-0.2, 0) is 6.42 Å². The van der Waals surface area contributed by atoms with Crippen molar-refractivity contribution in [1.29, 1.82) is 0 Å². The van der Waals surface area contributed by atoms with Gasteiger partial charge in [-0.3, -0.25) is 4.99 Å². The fourth-order valence-electron chi connectivity index (χ4n) is 1.93. The van der Waals surface area contributed by atoms with Gasteiger partial charge in [-0.05, 0) is 25.8 Å². The Hall–Kier alpha value is -0.920. The maximum Gasteiger partial charge on any atom is 0.255 e. The van der Waals surface area contributed by atoms with E-state index in [1.54, 1.807) is 7.05 Å². The second-order valence-electron chi connectivity index (χ2n) is 4.52. The molecule has 20 heavy (non-hydrogen) atoms. The number of hydrogen-bond donors (Lipinski definition) is 2. The number of rotatable bonds is 5. The Labute approximate surface area is 136 Å². The van der Waals surface area contributed by atoms with Gasteiger partial charge in [0.05, 0.1) is 6.54 Å². The Morgan fingerprint density at radius 3 is 2.25 bits per heavy atom. The molecule has 0 saturated carbocycles. The summed E-state index contributed by atoms with van der Waals surface area (Å²) < 4.78 is 24.1. The Morgan fingerprint density at radius 2 is 1.75 bits per heavy atom. The number of benzene rings is 1. The Bertz CT molecular complexity index is 416. The smallest absolute Gasteiger partial charge is 0.255 e. The lowest BCUT2D eigenvalue weighted by molar-refractivity contribution is 0.152. The molecule has 1 rings (SSSR count). The number of aryl methyl sites for hydroxylation is 2. The van der Waals surface area contributed by atoms with Crippen molar-refractivity contribution in [3.8, 4) is 0 Å². The van der Waals surface area contributed by atoms with Crippen molar-refractivity contribution >= 4 is 29.9 Å². The molecule has 1 aromatic rings. The molecule has 0 aromatic heterocycles. The maximum absolute atomic E-state index is 12.1. The molecule has 0 aliphatic rings. The van der Waals surface area contributed by atoms with Gasteiger partial charge in [0.25, 0.3) is 6.43 Å². The summed E-state index contributed by atoms with van der Waals surface area (Å²) in [7, 11) is 1.57. The summed E-state index contributed by atoms with van der Waals surface area (Å²) in [5.41, 5.74) is 3.69. The summed E-state index contributed by atoms with van der Waals surface area (Å²) in [6.45, 7) is 4.40. The lowest BCUT2D eigenvalue weighted by Gasteiger charge is -2.12. The summed E-state index contributed by atoms with van der Waals surface area (Å²) in [6.07, 6.45) is -1.55. The van der Waals surface area contributed by atoms with Crippen molar-refractivity contribution in [2.75, 3.05) is 20.1 Å².